The number of aromatic amines is 2. The molecule has 2 aliphatic rings. The number of carbonyl (C=O) groups is 1. The average Bonchev–Trinajstić information content (AvgIpc) is 4.12. The smallest absolute Gasteiger partial charge is 0.255 e. The summed E-state index contributed by atoms with van der Waals surface area (Å²) in [6, 6.07) is 38.5. The Bertz CT molecular complexity index is 3050. The number of pyridine rings is 3. The van der Waals surface area contributed by atoms with Crippen molar-refractivity contribution >= 4 is 58.0 Å². The Morgan fingerprint density at radius 2 is 0.778 bits per heavy atom. The number of hydrogen-bond donors (Lipinski definition) is 3. The zero-order valence-electron chi connectivity index (χ0n) is 34.5. The lowest BCUT2D eigenvalue weighted by Gasteiger charge is -2.08. The van der Waals surface area contributed by atoms with Gasteiger partial charge in [0.25, 0.3) is 5.91 Å². The molecule has 0 radical (unpaired) electrons. The molecule has 2 aliphatic heterocycles. The van der Waals surface area contributed by atoms with Gasteiger partial charge >= 0.3 is 0 Å². The molecule has 0 saturated carbocycles. The van der Waals surface area contributed by atoms with E-state index in [4.69, 9.17) is 9.97 Å². The highest BCUT2D eigenvalue weighted by atomic mass is 35.5. The van der Waals surface area contributed by atoms with Gasteiger partial charge in [-0.3, -0.25) is 4.79 Å². The highest BCUT2D eigenvalue weighted by Gasteiger charge is 2.20. The molecule has 8 heterocycles. The molecule has 0 atom stereocenters. The summed E-state index contributed by atoms with van der Waals surface area (Å²) >= 11 is 0. The fourth-order valence-corrected chi connectivity index (χ4v) is 7.94. The predicted molar refractivity (Wildman–Crippen MR) is 239 cm³/mol. The van der Waals surface area contributed by atoms with Gasteiger partial charge in [-0.25, -0.2) is 23.7 Å². The van der Waals surface area contributed by atoms with Crippen LogP contribution in [-0.2, 0) is 21.1 Å². The molecule has 8 bridgehead atoms. The lowest BCUT2D eigenvalue weighted by Crippen LogP contribution is -3.00. The molecule has 0 fully saturated rings. The van der Waals surface area contributed by atoms with Crippen molar-refractivity contribution in [3.8, 4) is 44.5 Å². The van der Waals surface area contributed by atoms with Crippen LogP contribution in [0.25, 0.3) is 90.9 Å². The van der Waals surface area contributed by atoms with Gasteiger partial charge < -0.3 is 52.5 Å². The summed E-state index contributed by atoms with van der Waals surface area (Å²) in [7, 11) is 6.06. The minimum atomic E-state index is -0.157. The molecule has 63 heavy (non-hydrogen) atoms. The normalized spacial score (nSPS) is 11.3. The van der Waals surface area contributed by atoms with Gasteiger partial charge in [0.15, 0.2) is 37.2 Å². The van der Waals surface area contributed by atoms with Crippen LogP contribution < -0.4 is 56.2 Å². The summed E-state index contributed by atoms with van der Waals surface area (Å²) in [4.78, 5) is 31.5. The maximum Gasteiger partial charge on any atom is 0.255 e. The first kappa shape index (κ1) is 43.9. The van der Waals surface area contributed by atoms with E-state index in [1.165, 1.54) is 0 Å². The van der Waals surface area contributed by atoms with Crippen LogP contribution in [0.5, 0.6) is 0 Å². The number of H-pyrrole nitrogens is 2. The molecule has 10 rings (SSSR count). The number of nitrogens with one attached hydrogen (secondary N) is 3. The zero-order valence-corrected chi connectivity index (χ0v) is 36.8. The number of carbonyl (C=O) groups excluding carboxylic acids is 1. The molecule has 2 aromatic carbocycles. The van der Waals surface area contributed by atoms with Crippen molar-refractivity contribution in [2.45, 2.75) is 0 Å². The van der Waals surface area contributed by atoms with E-state index in [-0.39, 0.29) is 43.1 Å². The molecular formula is C51H41Cl3N8O. The largest absolute Gasteiger partial charge is 1.00 e. The first-order valence-electron chi connectivity index (χ1n) is 19.8. The SMILES string of the molecule is C[n+]1ccc(-c2c3nc(c(-c4cc[n+](C)cc4)c4ccc([nH]4)c(-c4ccc(NC(=O)c5ccccc5)cc4)c4ccc([nH]4)c(-c4cc[n+](C)cc4)c4nc2C=C4)C=C3)cc1.[Cl-].[Cl-].[Cl-]. The standard InChI is InChI=1S/C51H39N8O.3ClH/c1-57-27-21-34(22-28-57)48-41-15-13-39(53-41)47(33-9-11-38(12-10-33)52-51(60)37-7-5-4-6-8-37)40-14-16-42(54-40)49(35-23-29-58(2)30-24-35)44-18-20-46(56-44)50(45-19-17-43(48)55-45)36-25-31-59(3)32-26-36;;;/h4-32H,1-3H3,(H-,52,53,54,55,56,60);3*1H/q+1;;;/p-1. The molecule has 3 N–H and O–H groups in total. The number of aromatic nitrogens is 7. The predicted octanol–water partition coefficient (Wildman–Crippen LogP) is 0.0614. The van der Waals surface area contributed by atoms with Gasteiger partial charge in [0.1, 0.15) is 21.1 Å². The molecule has 312 valence electrons. The summed E-state index contributed by atoms with van der Waals surface area (Å²) < 4.78 is 6.10. The fraction of sp³-hybridized carbons (Fsp3) is 0.0588. The number of fused-ring (bicyclic) bond motifs is 8. The van der Waals surface area contributed by atoms with Crippen LogP contribution in [0.3, 0.4) is 0 Å². The van der Waals surface area contributed by atoms with E-state index in [0.29, 0.717) is 11.3 Å². The van der Waals surface area contributed by atoms with Crippen LogP contribution in [-0.4, -0.2) is 25.8 Å². The maximum absolute atomic E-state index is 13.1. The lowest BCUT2D eigenvalue weighted by molar-refractivity contribution is -0.671. The molecular weight excluding hydrogens is 847 g/mol. The van der Waals surface area contributed by atoms with Crippen LogP contribution in [0, 0.1) is 0 Å². The van der Waals surface area contributed by atoms with Crippen LogP contribution >= 0.6 is 0 Å². The molecule has 0 unspecified atom stereocenters. The van der Waals surface area contributed by atoms with Crippen LogP contribution in [0.4, 0.5) is 5.69 Å². The second kappa shape index (κ2) is 18.4. The fourth-order valence-electron chi connectivity index (χ4n) is 7.94. The molecule has 6 aromatic heterocycles. The van der Waals surface area contributed by atoms with Gasteiger partial charge in [-0.1, -0.05) is 30.3 Å². The van der Waals surface area contributed by atoms with Gasteiger partial charge in [0.05, 0.1) is 22.8 Å². The van der Waals surface area contributed by atoms with Crippen molar-refractivity contribution in [2.75, 3.05) is 5.32 Å². The third kappa shape index (κ3) is 8.67. The number of anilines is 1. The van der Waals surface area contributed by atoms with Crippen LogP contribution in [0.2, 0.25) is 0 Å². The molecule has 1 amide bonds. The topological polar surface area (TPSA) is 98.1 Å². The van der Waals surface area contributed by atoms with E-state index < -0.39 is 0 Å². The van der Waals surface area contributed by atoms with Gasteiger partial charge in [-0.05, 0) is 95.1 Å². The summed E-state index contributed by atoms with van der Waals surface area (Å²) in [6.07, 6.45) is 20.8. The van der Waals surface area contributed by atoms with Crippen molar-refractivity contribution in [2.24, 2.45) is 21.1 Å². The average molecular weight is 888 g/mol. The van der Waals surface area contributed by atoms with Crippen LogP contribution in [0.1, 0.15) is 33.1 Å². The van der Waals surface area contributed by atoms with Crippen LogP contribution in [0.15, 0.2) is 152 Å². The number of benzene rings is 2. The molecule has 0 saturated heterocycles. The summed E-state index contributed by atoms with van der Waals surface area (Å²) in [5, 5.41) is 3.05. The van der Waals surface area contributed by atoms with Crippen molar-refractivity contribution < 1.29 is 55.7 Å². The number of halogens is 3. The third-order valence-corrected chi connectivity index (χ3v) is 11.0. The van der Waals surface area contributed by atoms with E-state index in [2.05, 4.69) is 150 Å². The summed E-state index contributed by atoms with van der Waals surface area (Å²) in [5.41, 5.74) is 16.3. The van der Waals surface area contributed by atoms with Crippen molar-refractivity contribution in [1.82, 2.24) is 19.9 Å². The van der Waals surface area contributed by atoms with Gasteiger partial charge in [-0.15, -0.1) is 0 Å². The van der Waals surface area contributed by atoms with Crippen molar-refractivity contribution in [3.05, 3.63) is 181 Å². The minimum Gasteiger partial charge on any atom is -1.00 e. The third-order valence-electron chi connectivity index (χ3n) is 11.0. The quantitative estimate of drug-likeness (QED) is 0.207. The van der Waals surface area contributed by atoms with Crippen molar-refractivity contribution in [1.29, 1.82) is 0 Å². The van der Waals surface area contributed by atoms with Gasteiger partial charge in [0.2, 0.25) is 0 Å². The number of amides is 1. The molecule has 12 heteroatoms. The first-order valence-corrected chi connectivity index (χ1v) is 19.8. The van der Waals surface area contributed by atoms with E-state index in [1.807, 2.05) is 77.3 Å². The molecule has 0 spiro atoms. The Morgan fingerprint density at radius 1 is 0.429 bits per heavy atom. The lowest BCUT2D eigenvalue weighted by atomic mass is 10.0. The Kier molecular flexibility index (Phi) is 12.8. The Balaban J connectivity index is 0.00000198. The molecule has 8 aromatic rings. The monoisotopic (exact) mass is 886 g/mol. The number of nitrogens with zero attached hydrogens (tertiary/aromatic N) is 5. The Hall–Kier alpha value is -7.17. The Morgan fingerprint density at radius 3 is 1.19 bits per heavy atom. The first-order chi connectivity index (χ1) is 29.3. The number of aryl methyl sites for hydroxylation is 3. The molecule has 0 aliphatic carbocycles. The van der Waals surface area contributed by atoms with E-state index in [9.17, 15) is 4.79 Å². The van der Waals surface area contributed by atoms with Crippen molar-refractivity contribution in [3.63, 3.8) is 0 Å². The highest BCUT2D eigenvalue weighted by Crippen LogP contribution is 2.38. The van der Waals surface area contributed by atoms with E-state index >= 15 is 0 Å². The van der Waals surface area contributed by atoms with Gasteiger partial charge in [0, 0.05) is 92.0 Å². The second-order valence-corrected chi connectivity index (χ2v) is 15.2. The number of rotatable bonds is 6. The second-order valence-electron chi connectivity index (χ2n) is 15.2. The summed E-state index contributed by atoms with van der Waals surface area (Å²) in [6.45, 7) is 0. The maximum atomic E-state index is 13.1. The Labute approximate surface area is 383 Å². The van der Waals surface area contributed by atoms with Gasteiger partial charge in [-0.2, -0.15) is 0 Å². The van der Waals surface area contributed by atoms with E-state index in [0.717, 1.165) is 89.4 Å². The number of hydrogen-bond acceptors (Lipinski definition) is 3. The summed E-state index contributed by atoms with van der Waals surface area (Å²) in [5.74, 6) is -0.157. The molecule has 9 nitrogen and oxygen atoms in total. The highest BCUT2D eigenvalue weighted by molar-refractivity contribution is 6.05. The zero-order chi connectivity index (χ0) is 40.7. The van der Waals surface area contributed by atoms with E-state index in [1.54, 1.807) is 0 Å². The minimum absolute atomic E-state index is 0.